The number of nitrogens with zero attached hydrogens (tertiary/aromatic N) is 1. The number of carbonyl (C=O) groups is 1. The standard InChI is InChI=1S/C13H25NO2/c1-4-5-6-7-12(15)13(2,3)14-8-10-16-11-9-14/h4-11H2,1-3H3. The minimum absolute atomic E-state index is 0.308. The zero-order chi connectivity index (χ0) is 12.0. The summed E-state index contributed by atoms with van der Waals surface area (Å²) >= 11 is 0. The van der Waals surface area contributed by atoms with E-state index in [1.54, 1.807) is 0 Å². The van der Waals surface area contributed by atoms with Crippen molar-refractivity contribution in [1.82, 2.24) is 4.90 Å². The van der Waals surface area contributed by atoms with Gasteiger partial charge in [0.15, 0.2) is 5.78 Å². The zero-order valence-corrected chi connectivity index (χ0v) is 10.9. The lowest BCUT2D eigenvalue weighted by Crippen LogP contribution is -2.54. The number of carbonyl (C=O) groups excluding carboxylic acids is 1. The van der Waals surface area contributed by atoms with Crippen LogP contribution in [0.1, 0.15) is 46.5 Å². The topological polar surface area (TPSA) is 29.5 Å². The molecule has 0 aromatic carbocycles. The van der Waals surface area contributed by atoms with Crippen molar-refractivity contribution in [3.8, 4) is 0 Å². The van der Waals surface area contributed by atoms with Crippen molar-refractivity contribution in [3.05, 3.63) is 0 Å². The van der Waals surface area contributed by atoms with E-state index in [9.17, 15) is 4.79 Å². The van der Waals surface area contributed by atoms with Crippen LogP contribution < -0.4 is 0 Å². The normalized spacial score (nSPS) is 18.7. The van der Waals surface area contributed by atoms with E-state index >= 15 is 0 Å². The summed E-state index contributed by atoms with van der Waals surface area (Å²) in [4.78, 5) is 14.4. The van der Waals surface area contributed by atoms with Crippen molar-refractivity contribution >= 4 is 5.78 Å². The minimum atomic E-state index is -0.308. The van der Waals surface area contributed by atoms with Gasteiger partial charge in [0.1, 0.15) is 0 Å². The molecule has 0 saturated carbocycles. The highest BCUT2D eigenvalue weighted by Gasteiger charge is 2.34. The van der Waals surface area contributed by atoms with Crippen LogP contribution in [0.4, 0.5) is 0 Å². The third-order valence-corrected chi connectivity index (χ3v) is 3.49. The number of hydrogen-bond acceptors (Lipinski definition) is 3. The van der Waals surface area contributed by atoms with Crippen molar-refractivity contribution in [2.75, 3.05) is 26.3 Å². The molecular weight excluding hydrogens is 202 g/mol. The maximum Gasteiger partial charge on any atom is 0.152 e. The second-order valence-corrected chi connectivity index (χ2v) is 5.04. The first-order valence-corrected chi connectivity index (χ1v) is 6.45. The molecule has 0 radical (unpaired) electrons. The Bertz CT molecular complexity index is 220. The lowest BCUT2D eigenvalue weighted by Gasteiger charge is -2.39. The molecule has 3 heteroatoms. The summed E-state index contributed by atoms with van der Waals surface area (Å²) in [6.07, 6.45) is 4.08. The molecule has 0 unspecified atom stereocenters. The van der Waals surface area contributed by atoms with E-state index in [0.717, 1.165) is 45.6 Å². The average Bonchev–Trinajstić information content (AvgIpc) is 2.30. The van der Waals surface area contributed by atoms with E-state index < -0.39 is 0 Å². The molecule has 0 aromatic heterocycles. The van der Waals surface area contributed by atoms with Gasteiger partial charge in [-0.05, 0) is 20.3 Å². The molecule has 0 spiro atoms. The predicted octanol–water partition coefficient (Wildman–Crippen LogP) is 2.25. The van der Waals surface area contributed by atoms with Gasteiger partial charge >= 0.3 is 0 Å². The average molecular weight is 227 g/mol. The van der Waals surface area contributed by atoms with Crippen LogP contribution in [0.2, 0.25) is 0 Å². The van der Waals surface area contributed by atoms with Gasteiger partial charge in [0.2, 0.25) is 0 Å². The molecule has 1 aliphatic heterocycles. The summed E-state index contributed by atoms with van der Waals surface area (Å²) in [6.45, 7) is 9.53. The predicted molar refractivity (Wildman–Crippen MR) is 65.6 cm³/mol. The summed E-state index contributed by atoms with van der Waals surface area (Å²) in [6, 6.07) is 0. The van der Waals surface area contributed by atoms with Crippen LogP contribution in [-0.4, -0.2) is 42.5 Å². The van der Waals surface area contributed by atoms with Gasteiger partial charge in [-0.1, -0.05) is 19.8 Å². The van der Waals surface area contributed by atoms with E-state index in [-0.39, 0.29) is 5.54 Å². The van der Waals surface area contributed by atoms with Crippen LogP contribution in [0.25, 0.3) is 0 Å². The first-order valence-electron chi connectivity index (χ1n) is 6.45. The lowest BCUT2D eigenvalue weighted by molar-refractivity contribution is -0.132. The molecular formula is C13H25NO2. The molecule has 1 heterocycles. The van der Waals surface area contributed by atoms with Gasteiger partial charge in [-0.3, -0.25) is 9.69 Å². The van der Waals surface area contributed by atoms with Gasteiger partial charge < -0.3 is 4.74 Å². The fourth-order valence-corrected chi connectivity index (χ4v) is 2.14. The molecule has 94 valence electrons. The van der Waals surface area contributed by atoms with Gasteiger partial charge in [0, 0.05) is 19.5 Å². The van der Waals surface area contributed by atoms with Gasteiger partial charge in [-0.2, -0.15) is 0 Å². The molecule has 1 aliphatic rings. The van der Waals surface area contributed by atoms with Crippen LogP contribution in [0.3, 0.4) is 0 Å². The third kappa shape index (κ3) is 3.56. The smallest absolute Gasteiger partial charge is 0.152 e. The fraction of sp³-hybridized carbons (Fsp3) is 0.923. The molecule has 0 bridgehead atoms. The molecule has 1 saturated heterocycles. The monoisotopic (exact) mass is 227 g/mol. The van der Waals surface area contributed by atoms with Gasteiger partial charge in [0.05, 0.1) is 18.8 Å². The Labute approximate surface area is 99.1 Å². The molecule has 16 heavy (non-hydrogen) atoms. The number of rotatable bonds is 6. The van der Waals surface area contributed by atoms with Crippen LogP contribution in [0.15, 0.2) is 0 Å². The highest BCUT2D eigenvalue weighted by Crippen LogP contribution is 2.20. The summed E-state index contributed by atoms with van der Waals surface area (Å²) in [5.74, 6) is 0.378. The Morgan fingerprint density at radius 1 is 1.25 bits per heavy atom. The van der Waals surface area contributed by atoms with Crippen LogP contribution in [0, 0.1) is 0 Å². The van der Waals surface area contributed by atoms with Crippen molar-refractivity contribution in [2.45, 2.75) is 52.0 Å². The Kier molecular flexibility index (Phi) is 5.42. The van der Waals surface area contributed by atoms with Crippen molar-refractivity contribution in [1.29, 1.82) is 0 Å². The first kappa shape index (κ1) is 13.7. The van der Waals surface area contributed by atoms with Crippen molar-refractivity contribution in [2.24, 2.45) is 0 Å². The number of unbranched alkanes of at least 4 members (excludes halogenated alkanes) is 2. The van der Waals surface area contributed by atoms with Gasteiger partial charge in [-0.25, -0.2) is 0 Å². The van der Waals surface area contributed by atoms with E-state index in [4.69, 9.17) is 4.74 Å². The second kappa shape index (κ2) is 6.36. The number of morpholine rings is 1. The Morgan fingerprint density at radius 3 is 2.44 bits per heavy atom. The summed E-state index contributed by atoms with van der Waals surface area (Å²) < 4.78 is 5.32. The molecule has 0 aliphatic carbocycles. The number of ketones is 1. The molecule has 0 aromatic rings. The first-order chi connectivity index (χ1) is 7.59. The van der Waals surface area contributed by atoms with E-state index in [2.05, 4.69) is 11.8 Å². The highest BCUT2D eigenvalue weighted by molar-refractivity contribution is 5.87. The summed E-state index contributed by atoms with van der Waals surface area (Å²) in [7, 11) is 0. The maximum atomic E-state index is 12.2. The fourth-order valence-electron chi connectivity index (χ4n) is 2.14. The molecule has 1 rings (SSSR count). The Hall–Kier alpha value is -0.410. The maximum absolute atomic E-state index is 12.2. The van der Waals surface area contributed by atoms with Gasteiger partial charge in [0.25, 0.3) is 0 Å². The van der Waals surface area contributed by atoms with Crippen molar-refractivity contribution in [3.63, 3.8) is 0 Å². The third-order valence-electron chi connectivity index (χ3n) is 3.49. The summed E-state index contributed by atoms with van der Waals surface area (Å²) in [5, 5.41) is 0. The lowest BCUT2D eigenvalue weighted by atomic mass is 9.92. The number of hydrogen-bond donors (Lipinski definition) is 0. The second-order valence-electron chi connectivity index (χ2n) is 5.04. The molecule has 3 nitrogen and oxygen atoms in total. The van der Waals surface area contributed by atoms with Crippen LogP contribution >= 0.6 is 0 Å². The number of ether oxygens (including phenoxy) is 1. The highest BCUT2D eigenvalue weighted by atomic mass is 16.5. The Morgan fingerprint density at radius 2 is 1.88 bits per heavy atom. The number of Topliss-reactive ketones (excluding diaryl/α,β-unsaturated/α-hetero) is 1. The Balaban J connectivity index is 2.43. The van der Waals surface area contributed by atoms with E-state index in [1.807, 2.05) is 13.8 Å². The molecule has 1 fully saturated rings. The van der Waals surface area contributed by atoms with Gasteiger partial charge in [-0.15, -0.1) is 0 Å². The van der Waals surface area contributed by atoms with Crippen LogP contribution in [0.5, 0.6) is 0 Å². The summed E-state index contributed by atoms with van der Waals surface area (Å²) in [5.41, 5.74) is -0.308. The SMILES string of the molecule is CCCCCC(=O)C(C)(C)N1CCOCC1. The minimum Gasteiger partial charge on any atom is -0.379 e. The van der Waals surface area contributed by atoms with Crippen molar-refractivity contribution < 1.29 is 9.53 Å². The largest absolute Gasteiger partial charge is 0.379 e. The molecule has 0 atom stereocenters. The van der Waals surface area contributed by atoms with E-state index in [0.29, 0.717) is 5.78 Å². The zero-order valence-electron chi connectivity index (χ0n) is 10.9. The van der Waals surface area contributed by atoms with E-state index in [1.165, 1.54) is 6.42 Å². The molecule has 0 N–H and O–H groups in total. The molecule has 0 amide bonds. The quantitative estimate of drug-likeness (QED) is 0.652. The van der Waals surface area contributed by atoms with Crippen LogP contribution in [-0.2, 0) is 9.53 Å².